The topological polar surface area (TPSA) is 88.8 Å². The maximum atomic E-state index is 12.4. The molecule has 1 aromatic carbocycles. The van der Waals surface area contributed by atoms with E-state index in [0.717, 1.165) is 29.5 Å². The van der Waals surface area contributed by atoms with Crippen LogP contribution in [-0.2, 0) is 26.0 Å². The van der Waals surface area contributed by atoms with Crippen LogP contribution in [0.2, 0.25) is 0 Å². The van der Waals surface area contributed by atoms with Gasteiger partial charge >= 0.3 is 0 Å². The molecular weight excluding hydrogens is 398 g/mol. The molecule has 28 heavy (non-hydrogen) atoms. The van der Waals surface area contributed by atoms with Crippen LogP contribution in [0.25, 0.3) is 10.2 Å². The highest BCUT2D eigenvalue weighted by Gasteiger charge is 2.28. The highest BCUT2D eigenvalue weighted by molar-refractivity contribution is 7.92. The van der Waals surface area contributed by atoms with Gasteiger partial charge in [0.1, 0.15) is 11.5 Å². The van der Waals surface area contributed by atoms with Crippen molar-refractivity contribution >= 4 is 43.2 Å². The Labute approximate surface area is 168 Å². The molecular formula is C19H25N3O4S2. The highest BCUT2D eigenvalue weighted by atomic mass is 32.2. The Balaban J connectivity index is 1.75. The van der Waals surface area contributed by atoms with Crippen molar-refractivity contribution in [2.24, 2.45) is 4.99 Å². The molecule has 1 atom stereocenters. The lowest BCUT2D eigenvalue weighted by molar-refractivity contribution is -0.131. The molecule has 0 radical (unpaired) electrons. The van der Waals surface area contributed by atoms with Crippen LogP contribution in [0.4, 0.5) is 0 Å². The Morgan fingerprint density at radius 3 is 2.68 bits per heavy atom. The fourth-order valence-electron chi connectivity index (χ4n) is 3.53. The van der Waals surface area contributed by atoms with Crippen LogP contribution in [0.5, 0.6) is 0 Å². The molecule has 2 amide bonds. The molecule has 0 spiro atoms. The van der Waals surface area contributed by atoms with Crippen molar-refractivity contribution in [2.75, 3.05) is 18.1 Å². The summed E-state index contributed by atoms with van der Waals surface area (Å²) in [7, 11) is -3.86. The van der Waals surface area contributed by atoms with E-state index in [2.05, 4.69) is 4.99 Å². The number of amides is 2. The van der Waals surface area contributed by atoms with E-state index in [4.69, 9.17) is 0 Å². The van der Waals surface area contributed by atoms with Crippen molar-refractivity contribution in [3.63, 3.8) is 0 Å². The molecule has 2 aromatic rings. The van der Waals surface area contributed by atoms with Crippen LogP contribution in [0.3, 0.4) is 0 Å². The van der Waals surface area contributed by atoms with Gasteiger partial charge < -0.3 is 9.47 Å². The lowest BCUT2D eigenvalue weighted by atomic mass is 10.0. The zero-order valence-electron chi connectivity index (χ0n) is 16.1. The Morgan fingerprint density at radius 2 is 1.96 bits per heavy atom. The minimum Gasteiger partial charge on any atom is -0.339 e. The highest BCUT2D eigenvalue weighted by Crippen LogP contribution is 2.18. The zero-order chi connectivity index (χ0) is 20.3. The molecule has 152 valence electrons. The van der Waals surface area contributed by atoms with E-state index in [0.29, 0.717) is 17.9 Å². The summed E-state index contributed by atoms with van der Waals surface area (Å²) in [5, 5.41) is 0. The normalized spacial score (nSPS) is 18.6. The lowest BCUT2D eigenvalue weighted by Crippen LogP contribution is -2.45. The number of likely N-dealkylation sites (tertiary alicyclic amines) is 1. The third kappa shape index (κ3) is 4.70. The third-order valence-electron chi connectivity index (χ3n) is 4.93. The largest absolute Gasteiger partial charge is 0.339 e. The van der Waals surface area contributed by atoms with Crippen molar-refractivity contribution in [1.82, 2.24) is 9.47 Å². The summed E-state index contributed by atoms with van der Waals surface area (Å²) in [5.41, 5.74) is 0.957. The Bertz CT molecular complexity index is 1050. The van der Waals surface area contributed by atoms with Crippen molar-refractivity contribution in [1.29, 1.82) is 0 Å². The number of benzene rings is 1. The molecule has 2 heterocycles. The molecule has 3 rings (SSSR count). The fraction of sp³-hybridized carbons (Fsp3) is 0.526. The average Bonchev–Trinajstić information content (AvgIpc) is 2.97. The number of thiazole rings is 1. The standard InChI is InChI=1S/C19H25N3O4S2/c1-3-21-15-9-4-5-10-16(15)27-19(21)20-17(23)12-28(25,26)13-18(24)22-11-7-6-8-14(22)2/h4-5,9-10,14H,3,6-8,11-13H2,1-2H3. The first-order valence-electron chi connectivity index (χ1n) is 9.46. The van der Waals surface area contributed by atoms with E-state index in [-0.39, 0.29) is 6.04 Å². The summed E-state index contributed by atoms with van der Waals surface area (Å²) in [6.45, 7) is 5.06. The number of nitrogens with zero attached hydrogens (tertiary/aromatic N) is 3. The maximum Gasteiger partial charge on any atom is 0.263 e. The SMILES string of the molecule is CCn1c(=NC(=O)CS(=O)(=O)CC(=O)N2CCCCC2C)sc2ccccc21. The summed E-state index contributed by atoms with van der Waals surface area (Å²) in [6, 6.07) is 7.73. The quantitative estimate of drug-likeness (QED) is 0.735. The van der Waals surface area contributed by atoms with Gasteiger partial charge in [-0.3, -0.25) is 9.59 Å². The van der Waals surface area contributed by atoms with Crippen molar-refractivity contribution in [3.8, 4) is 0 Å². The van der Waals surface area contributed by atoms with Crippen LogP contribution in [0, 0.1) is 0 Å². The number of aryl methyl sites for hydroxylation is 1. The number of sulfone groups is 1. The van der Waals surface area contributed by atoms with Gasteiger partial charge in [-0.2, -0.15) is 4.99 Å². The summed E-state index contributed by atoms with van der Waals surface area (Å²) < 4.78 is 27.6. The van der Waals surface area contributed by atoms with Gasteiger partial charge in [0.2, 0.25) is 5.91 Å². The zero-order valence-corrected chi connectivity index (χ0v) is 17.8. The molecule has 0 bridgehead atoms. The predicted octanol–water partition coefficient (Wildman–Crippen LogP) is 1.97. The molecule has 1 saturated heterocycles. The number of fused-ring (bicyclic) bond motifs is 1. The number of rotatable bonds is 5. The lowest BCUT2D eigenvalue weighted by Gasteiger charge is -2.33. The van der Waals surface area contributed by atoms with E-state index in [9.17, 15) is 18.0 Å². The van der Waals surface area contributed by atoms with Gasteiger partial charge in [-0.25, -0.2) is 8.42 Å². The second kappa shape index (κ2) is 8.57. The van der Waals surface area contributed by atoms with E-state index >= 15 is 0 Å². The monoisotopic (exact) mass is 423 g/mol. The Kier molecular flexibility index (Phi) is 6.34. The minimum atomic E-state index is -3.86. The second-order valence-electron chi connectivity index (χ2n) is 7.07. The molecule has 1 fully saturated rings. The number of hydrogen-bond acceptors (Lipinski definition) is 5. The number of carbonyl (C=O) groups is 2. The molecule has 1 aromatic heterocycles. The van der Waals surface area contributed by atoms with Gasteiger partial charge in [0, 0.05) is 19.1 Å². The second-order valence-corrected chi connectivity index (χ2v) is 10.1. The number of aromatic nitrogens is 1. The number of carbonyl (C=O) groups excluding carboxylic acids is 2. The first kappa shape index (κ1) is 20.7. The van der Waals surface area contributed by atoms with Crippen LogP contribution in [0.15, 0.2) is 29.3 Å². The maximum absolute atomic E-state index is 12.4. The van der Waals surface area contributed by atoms with Gasteiger partial charge in [0.15, 0.2) is 14.6 Å². The molecule has 0 aliphatic carbocycles. The molecule has 0 saturated carbocycles. The van der Waals surface area contributed by atoms with Crippen molar-refractivity contribution < 1.29 is 18.0 Å². The summed E-state index contributed by atoms with van der Waals surface area (Å²) >= 11 is 1.35. The number of piperidine rings is 1. The van der Waals surface area contributed by atoms with E-state index in [1.54, 1.807) is 4.90 Å². The number of hydrogen-bond donors (Lipinski definition) is 0. The van der Waals surface area contributed by atoms with Crippen LogP contribution < -0.4 is 4.80 Å². The van der Waals surface area contributed by atoms with Crippen LogP contribution in [0.1, 0.15) is 33.1 Å². The average molecular weight is 424 g/mol. The van der Waals surface area contributed by atoms with Gasteiger partial charge in [-0.1, -0.05) is 23.5 Å². The first-order chi connectivity index (χ1) is 13.3. The van der Waals surface area contributed by atoms with Gasteiger partial charge in [-0.15, -0.1) is 0 Å². The van der Waals surface area contributed by atoms with Crippen LogP contribution >= 0.6 is 11.3 Å². The Hall–Kier alpha value is -2.00. The summed E-state index contributed by atoms with van der Waals surface area (Å²) in [6.07, 6.45) is 2.80. The molecule has 9 heteroatoms. The van der Waals surface area contributed by atoms with Crippen molar-refractivity contribution in [3.05, 3.63) is 29.1 Å². The Morgan fingerprint density at radius 1 is 1.21 bits per heavy atom. The first-order valence-corrected chi connectivity index (χ1v) is 12.1. The predicted molar refractivity (Wildman–Crippen MR) is 110 cm³/mol. The smallest absolute Gasteiger partial charge is 0.263 e. The van der Waals surface area contributed by atoms with Gasteiger partial charge in [0.25, 0.3) is 5.91 Å². The van der Waals surface area contributed by atoms with E-state index in [1.165, 1.54) is 11.3 Å². The van der Waals surface area contributed by atoms with Crippen LogP contribution in [-0.4, -0.2) is 53.8 Å². The summed E-state index contributed by atoms with van der Waals surface area (Å²) in [4.78, 5) is 30.8. The summed E-state index contributed by atoms with van der Waals surface area (Å²) in [5.74, 6) is -2.56. The molecule has 7 nitrogen and oxygen atoms in total. The minimum absolute atomic E-state index is 0.0406. The van der Waals surface area contributed by atoms with E-state index in [1.807, 2.05) is 42.7 Å². The van der Waals surface area contributed by atoms with E-state index < -0.39 is 33.2 Å². The third-order valence-corrected chi connectivity index (χ3v) is 7.37. The van der Waals surface area contributed by atoms with Gasteiger partial charge in [-0.05, 0) is 45.2 Å². The molecule has 1 aliphatic heterocycles. The van der Waals surface area contributed by atoms with Crippen molar-refractivity contribution in [2.45, 2.75) is 45.7 Å². The van der Waals surface area contributed by atoms with Gasteiger partial charge in [0.05, 0.1) is 10.2 Å². The fourth-order valence-corrected chi connectivity index (χ4v) is 5.73. The molecule has 1 unspecified atom stereocenters. The number of para-hydroxylation sites is 1. The molecule has 0 N–H and O–H groups in total. The molecule has 1 aliphatic rings.